The molecule has 3 N–H and O–H groups in total. The molecule has 2 saturated carbocycles. The van der Waals surface area contributed by atoms with Crippen molar-refractivity contribution in [1.82, 2.24) is 15.5 Å². The SMILES string of the molecule is Cc1ccc(-c2noc(CCC(=O)NC3C4CCCC3CC(N)C4)n2)cc1F. The highest BCUT2D eigenvalue weighted by Gasteiger charge is 2.39. The number of rotatable bonds is 5. The smallest absolute Gasteiger partial charge is 0.227 e. The number of fused-ring (bicyclic) bond motifs is 2. The summed E-state index contributed by atoms with van der Waals surface area (Å²) in [5, 5.41) is 7.14. The Kier molecular flexibility index (Phi) is 5.44. The number of nitrogens with two attached hydrogens (primary N) is 1. The van der Waals surface area contributed by atoms with Crippen molar-refractivity contribution in [2.45, 2.75) is 64.0 Å². The van der Waals surface area contributed by atoms with E-state index in [9.17, 15) is 9.18 Å². The Hall–Kier alpha value is -2.28. The fraction of sp³-hybridized carbons (Fsp3) is 0.571. The Balaban J connectivity index is 1.33. The second-order valence-corrected chi connectivity index (χ2v) is 8.25. The summed E-state index contributed by atoms with van der Waals surface area (Å²) in [7, 11) is 0. The minimum Gasteiger partial charge on any atom is -0.353 e. The molecule has 2 atom stereocenters. The molecular formula is C21H27FN4O2. The molecular weight excluding hydrogens is 359 g/mol. The van der Waals surface area contributed by atoms with E-state index in [4.69, 9.17) is 10.3 Å². The molecule has 0 spiro atoms. The fourth-order valence-corrected chi connectivity index (χ4v) is 4.71. The molecule has 1 aromatic carbocycles. The fourth-order valence-electron chi connectivity index (χ4n) is 4.71. The van der Waals surface area contributed by atoms with Gasteiger partial charge in [0.25, 0.3) is 0 Å². The molecule has 2 aliphatic rings. The number of halogens is 1. The summed E-state index contributed by atoms with van der Waals surface area (Å²) < 4.78 is 19.0. The molecule has 4 rings (SSSR count). The van der Waals surface area contributed by atoms with Gasteiger partial charge < -0.3 is 15.6 Å². The summed E-state index contributed by atoms with van der Waals surface area (Å²) >= 11 is 0. The summed E-state index contributed by atoms with van der Waals surface area (Å²) in [5.74, 6) is 1.43. The van der Waals surface area contributed by atoms with Crippen molar-refractivity contribution in [3.63, 3.8) is 0 Å². The van der Waals surface area contributed by atoms with Gasteiger partial charge in [0.2, 0.25) is 17.6 Å². The van der Waals surface area contributed by atoms with E-state index >= 15 is 0 Å². The van der Waals surface area contributed by atoms with Crippen molar-refractivity contribution in [2.75, 3.05) is 0 Å². The number of amides is 1. The van der Waals surface area contributed by atoms with E-state index in [1.165, 1.54) is 12.5 Å². The van der Waals surface area contributed by atoms with E-state index in [1.807, 2.05) is 0 Å². The lowest BCUT2D eigenvalue weighted by molar-refractivity contribution is -0.123. The van der Waals surface area contributed by atoms with Crippen LogP contribution < -0.4 is 11.1 Å². The molecule has 1 aromatic heterocycles. The quantitative estimate of drug-likeness (QED) is 0.823. The Morgan fingerprint density at radius 1 is 1.32 bits per heavy atom. The molecule has 0 saturated heterocycles. The Morgan fingerprint density at radius 3 is 2.79 bits per heavy atom. The number of nitrogens with one attached hydrogen (secondary N) is 1. The molecule has 1 heterocycles. The molecule has 6 nitrogen and oxygen atoms in total. The van der Waals surface area contributed by atoms with Gasteiger partial charge in [-0.2, -0.15) is 4.98 Å². The van der Waals surface area contributed by atoms with Crippen LogP contribution in [0.4, 0.5) is 4.39 Å². The van der Waals surface area contributed by atoms with Gasteiger partial charge in [0, 0.05) is 30.5 Å². The number of hydrogen-bond donors (Lipinski definition) is 2. The molecule has 2 unspecified atom stereocenters. The zero-order valence-corrected chi connectivity index (χ0v) is 16.2. The van der Waals surface area contributed by atoms with Gasteiger partial charge >= 0.3 is 0 Å². The summed E-state index contributed by atoms with van der Waals surface area (Å²) in [6.07, 6.45) is 6.20. The number of aryl methyl sites for hydroxylation is 2. The maximum atomic E-state index is 13.7. The Morgan fingerprint density at radius 2 is 2.07 bits per heavy atom. The number of aromatic nitrogens is 2. The van der Waals surface area contributed by atoms with Gasteiger partial charge in [-0.3, -0.25) is 4.79 Å². The summed E-state index contributed by atoms with van der Waals surface area (Å²) in [6.45, 7) is 1.70. The minimum atomic E-state index is -0.305. The van der Waals surface area contributed by atoms with Crippen LogP contribution in [0.1, 0.15) is 50.0 Å². The topological polar surface area (TPSA) is 94.0 Å². The normalized spacial score (nSPS) is 26.8. The lowest BCUT2D eigenvalue weighted by atomic mass is 9.67. The van der Waals surface area contributed by atoms with Crippen LogP contribution in [0.2, 0.25) is 0 Å². The standard InChI is InChI=1S/C21H27FN4O2/c1-12-5-6-15(11-17(12)22)21-25-19(28-26-21)8-7-18(27)24-20-13-3-2-4-14(20)10-16(23)9-13/h5-6,11,13-14,16,20H,2-4,7-10,23H2,1H3,(H,24,27). The van der Waals surface area contributed by atoms with Crippen LogP contribution in [0.5, 0.6) is 0 Å². The van der Waals surface area contributed by atoms with Gasteiger partial charge in [-0.15, -0.1) is 0 Å². The predicted molar refractivity (Wildman–Crippen MR) is 103 cm³/mol. The van der Waals surface area contributed by atoms with E-state index < -0.39 is 0 Å². The van der Waals surface area contributed by atoms with Gasteiger partial charge in [-0.05, 0) is 56.1 Å². The Labute approximate surface area is 164 Å². The highest BCUT2D eigenvalue weighted by molar-refractivity contribution is 5.76. The summed E-state index contributed by atoms with van der Waals surface area (Å²) in [6, 6.07) is 5.35. The minimum absolute atomic E-state index is 0.0125. The lowest BCUT2D eigenvalue weighted by Crippen LogP contribution is -2.53. The third kappa shape index (κ3) is 4.09. The van der Waals surface area contributed by atoms with Crippen LogP contribution in [0.25, 0.3) is 11.4 Å². The summed E-state index contributed by atoms with van der Waals surface area (Å²) in [4.78, 5) is 16.8. The lowest BCUT2D eigenvalue weighted by Gasteiger charge is -2.45. The molecule has 2 fully saturated rings. The number of nitrogens with zero attached hydrogens (tertiary/aromatic N) is 2. The molecule has 2 aromatic rings. The van der Waals surface area contributed by atoms with Crippen molar-refractivity contribution in [3.05, 3.63) is 35.5 Å². The molecule has 150 valence electrons. The second kappa shape index (κ2) is 7.99. The van der Waals surface area contributed by atoms with E-state index in [1.54, 1.807) is 19.1 Å². The van der Waals surface area contributed by atoms with Gasteiger partial charge in [0.05, 0.1) is 0 Å². The average molecular weight is 386 g/mol. The van der Waals surface area contributed by atoms with Crippen LogP contribution in [0.15, 0.2) is 22.7 Å². The number of carbonyl (C=O) groups excluding carboxylic acids is 1. The van der Waals surface area contributed by atoms with E-state index in [2.05, 4.69) is 15.5 Å². The molecule has 2 aliphatic carbocycles. The van der Waals surface area contributed by atoms with Crippen molar-refractivity contribution in [2.24, 2.45) is 17.6 Å². The van der Waals surface area contributed by atoms with Crippen molar-refractivity contribution >= 4 is 5.91 Å². The van der Waals surface area contributed by atoms with Gasteiger partial charge in [0.1, 0.15) is 5.82 Å². The molecule has 1 amide bonds. The van der Waals surface area contributed by atoms with Crippen molar-refractivity contribution in [1.29, 1.82) is 0 Å². The molecule has 7 heteroatoms. The first kappa shape index (κ1) is 19.1. The van der Waals surface area contributed by atoms with Crippen LogP contribution in [0.3, 0.4) is 0 Å². The number of benzene rings is 1. The summed E-state index contributed by atoms with van der Waals surface area (Å²) in [5.41, 5.74) is 7.29. The highest BCUT2D eigenvalue weighted by Crippen LogP contribution is 2.39. The van der Waals surface area contributed by atoms with Gasteiger partial charge in [0.15, 0.2) is 0 Å². The van der Waals surface area contributed by atoms with E-state index in [-0.39, 0.29) is 23.8 Å². The maximum Gasteiger partial charge on any atom is 0.227 e. The van der Waals surface area contributed by atoms with Crippen molar-refractivity contribution in [3.8, 4) is 11.4 Å². The predicted octanol–water partition coefficient (Wildman–Crippen LogP) is 3.14. The molecule has 0 aliphatic heterocycles. The van der Waals surface area contributed by atoms with Gasteiger partial charge in [-0.1, -0.05) is 23.7 Å². The first-order chi connectivity index (χ1) is 13.5. The number of carbonyl (C=O) groups is 1. The van der Waals surface area contributed by atoms with Crippen LogP contribution >= 0.6 is 0 Å². The zero-order valence-electron chi connectivity index (χ0n) is 16.2. The highest BCUT2D eigenvalue weighted by atomic mass is 19.1. The Bertz CT molecular complexity index is 839. The van der Waals surface area contributed by atoms with Crippen LogP contribution in [-0.4, -0.2) is 28.1 Å². The zero-order chi connectivity index (χ0) is 19.7. The molecule has 2 bridgehead atoms. The van der Waals surface area contributed by atoms with Gasteiger partial charge in [-0.25, -0.2) is 4.39 Å². The van der Waals surface area contributed by atoms with Crippen molar-refractivity contribution < 1.29 is 13.7 Å². The third-order valence-electron chi connectivity index (χ3n) is 6.17. The largest absolute Gasteiger partial charge is 0.353 e. The molecule has 0 radical (unpaired) electrons. The van der Waals surface area contributed by atoms with E-state index in [0.29, 0.717) is 47.5 Å². The van der Waals surface area contributed by atoms with E-state index in [0.717, 1.165) is 25.7 Å². The second-order valence-electron chi connectivity index (χ2n) is 8.25. The molecule has 28 heavy (non-hydrogen) atoms. The number of hydrogen-bond acceptors (Lipinski definition) is 5. The average Bonchev–Trinajstić information content (AvgIpc) is 3.12. The maximum absolute atomic E-state index is 13.7. The first-order valence-corrected chi connectivity index (χ1v) is 10.1. The van der Waals surface area contributed by atoms with Crippen LogP contribution in [0, 0.1) is 24.6 Å². The van der Waals surface area contributed by atoms with Crippen LogP contribution in [-0.2, 0) is 11.2 Å². The first-order valence-electron chi connectivity index (χ1n) is 10.1. The monoisotopic (exact) mass is 386 g/mol. The third-order valence-corrected chi connectivity index (χ3v) is 6.17.